The summed E-state index contributed by atoms with van der Waals surface area (Å²) in [6.45, 7) is 2.18. The second-order valence-corrected chi connectivity index (χ2v) is 13.9. The molecule has 1 radical (unpaired) electrons. The van der Waals surface area contributed by atoms with Crippen molar-refractivity contribution in [3.63, 3.8) is 0 Å². The summed E-state index contributed by atoms with van der Waals surface area (Å²) in [5.74, 6) is 0. The van der Waals surface area contributed by atoms with E-state index in [1.807, 2.05) is 0 Å². The van der Waals surface area contributed by atoms with Crippen molar-refractivity contribution in [3.05, 3.63) is 6.42 Å². The second kappa shape index (κ2) is 40.9. The molecule has 0 fully saturated rings. The molecule has 42 heavy (non-hydrogen) atoms. The Hall–Kier alpha value is -0.0700. The van der Waals surface area contributed by atoms with Crippen LogP contribution in [-0.4, -0.2) is 6.67 Å². The third kappa shape index (κ3) is 39.9. The average molecular weight is 594 g/mol. The molecule has 0 N–H and O–H groups in total. The fourth-order valence-electron chi connectivity index (χ4n) is 6.55. The van der Waals surface area contributed by atoms with Gasteiger partial charge in [0.25, 0.3) is 0 Å². The molecular formula is C41H82F. The fraction of sp³-hybridized carbons (Fsp3) is 0.976. The van der Waals surface area contributed by atoms with Crippen molar-refractivity contribution in [2.45, 2.75) is 251 Å². The van der Waals surface area contributed by atoms with Crippen molar-refractivity contribution in [2.75, 3.05) is 6.67 Å². The molecular weight excluding hydrogens is 511 g/mol. The average Bonchev–Trinajstić information content (AvgIpc) is 3.00. The molecule has 0 aromatic rings. The Morgan fingerprint density at radius 1 is 0.262 bits per heavy atom. The lowest BCUT2D eigenvalue weighted by atomic mass is 10.0. The van der Waals surface area contributed by atoms with Crippen molar-refractivity contribution < 1.29 is 4.39 Å². The number of alkyl halides is 1. The largest absolute Gasteiger partial charge is 0.251 e. The van der Waals surface area contributed by atoms with Crippen LogP contribution in [0.4, 0.5) is 4.39 Å². The number of rotatable bonds is 39. The van der Waals surface area contributed by atoms with E-state index in [4.69, 9.17) is 0 Å². The maximum absolute atomic E-state index is 12.0. The van der Waals surface area contributed by atoms with Gasteiger partial charge in [-0.25, -0.2) is 0 Å². The first-order chi connectivity index (χ1) is 20.9. The summed E-state index contributed by atoms with van der Waals surface area (Å²) in [5, 5.41) is 0. The Morgan fingerprint density at radius 2 is 0.452 bits per heavy atom. The van der Waals surface area contributed by atoms with Crippen molar-refractivity contribution >= 4 is 0 Å². The van der Waals surface area contributed by atoms with Gasteiger partial charge < -0.3 is 0 Å². The molecule has 0 saturated heterocycles. The van der Waals surface area contributed by atoms with E-state index >= 15 is 0 Å². The van der Waals surface area contributed by atoms with E-state index in [1.54, 1.807) is 0 Å². The molecule has 0 aliphatic rings. The third-order valence-electron chi connectivity index (χ3n) is 9.55. The quantitative estimate of drug-likeness (QED) is 0.0622. The molecule has 0 amide bonds. The van der Waals surface area contributed by atoms with Crippen LogP contribution in [0, 0.1) is 6.42 Å². The molecule has 253 valence electrons. The summed E-state index contributed by atoms with van der Waals surface area (Å²) in [6, 6.07) is 0. The van der Waals surface area contributed by atoms with E-state index in [0.29, 0.717) is 0 Å². The molecule has 0 aromatic heterocycles. The van der Waals surface area contributed by atoms with Gasteiger partial charge in [0.15, 0.2) is 0 Å². The Labute approximate surface area is 268 Å². The third-order valence-corrected chi connectivity index (χ3v) is 9.55. The Morgan fingerprint density at radius 3 is 0.667 bits per heavy atom. The van der Waals surface area contributed by atoms with E-state index in [9.17, 15) is 4.39 Å². The van der Waals surface area contributed by atoms with Gasteiger partial charge in [0.05, 0.1) is 6.67 Å². The molecule has 0 atom stereocenters. The molecule has 0 heterocycles. The van der Waals surface area contributed by atoms with Crippen molar-refractivity contribution in [3.8, 4) is 0 Å². The van der Waals surface area contributed by atoms with Gasteiger partial charge in [0.1, 0.15) is 0 Å². The van der Waals surface area contributed by atoms with Crippen LogP contribution in [0.25, 0.3) is 0 Å². The number of unbranched alkanes of at least 4 members (excludes halogenated alkanes) is 38. The minimum atomic E-state index is -0.129. The zero-order valence-corrected chi connectivity index (χ0v) is 29.5. The van der Waals surface area contributed by atoms with Gasteiger partial charge in [-0.3, -0.25) is 4.39 Å². The molecule has 0 bridgehead atoms. The monoisotopic (exact) mass is 594 g/mol. The molecule has 0 nitrogen and oxygen atoms in total. The van der Waals surface area contributed by atoms with Crippen molar-refractivity contribution in [1.82, 2.24) is 0 Å². The lowest BCUT2D eigenvalue weighted by Gasteiger charge is -2.05. The maximum Gasteiger partial charge on any atom is 0.0894 e. The lowest BCUT2D eigenvalue weighted by Crippen LogP contribution is -1.85. The molecule has 0 aliphatic heterocycles. The van der Waals surface area contributed by atoms with Crippen LogP contribution in [0.5, 0.6) is 0 Å². The molecule has 0 unspecified atom stereocenters. The fourth-order valence-corrected chi connectivity index (χ4v) is 6.55. The molecule has 0 spiro atoms. The normalized spacial score (nSPS) is 11.6. The van der Waals surface area contributed by atoms with Gasteiger partial charge in [0, 0.05) is 0 Å². The second-order valence-electron chi connectivity index (χ2n) is 13.9. The molecule has 1 heteroatoms. The van der Waals surface area contributed by atoms with Gasteiger partial charge in [-0.1, -0.05) is 244 Å². The Bertz CT molecular complexity index is 393. The topological polar surface area (TPSA) is 0 Å². The standard InChI is InChI=1S/C41H82F/c1-2-3-4-5-6-7-8-9-10-11-12-13-14-15-16-17-18-19-20-21-22-23-24-25-26-27-28-29-30-31-32-33-34-35-36-37-38-39-40-41-42/h30H,2-29,31-41H2,1H3. The Kier molecular flexibility index (Phi) is 40.9. The number of hydrogen-bond acceptors (Lipinski definition) is 0. The summed E-state index contributed by atoms with van der Waals surface area (Å²) < 4.78 is 12.0. The van der Waals surface area contributed by atoms with Gasteiger partial charge in [-0.2, -0.15) is 0 Å². The SMILES string of the molecule is CCCCCCCCCCCCCCCCCCCCCCCCCCCCC[CH]CCCCCCCCCCCF. The molecule has 0 aromatic carbocycles. The summed E-state index contributed by atoms with van der Waals surface area (Å²) in [6.07, 6.45) is 56.3. The number of halogens is 1. The summed E-state index contributed by atoms with van der Waals surface area (Å²) in [7, 11) is 0. The van der Waals surface area contributed by atoms with Crippen LogP contribution in [0.2, 0.25) is 0 Å². The highest BCUT2D eigenvalue weighted by molar-refractivity contribution is 4.65. The minimum Gasteiger partial charge on any atom is -0.251 e. The van der Waals surface area contributed by atoms with Crippen LogP contribution in [0.3, 0.4) is 0 Å². The zero-order valence-electron chi connectivity index (χ0n) is 29.5. The maximum atomic E-state index is 12.0. The van der Waals surface area contributed by atoms with Crippen molar-refractivity contribution in [1.29, 1.82) is 0 Å². The van der Waals surface area contributed by atoms with Crippen LogP contribution in [0.1, 0.15) is 251 Å². The van der Waals surface area contributed by atoms with E-state index in [1.165, 1.54) is 231 Å². The predicted molar refractivity (Wildman–Crippen MR) is 191 cm³/mol. The molecule has 0 saturated carbocycles. The van der Waals surface area contributed by atoms with Gasteiger partial charge in [0.2, 0.25) is 0 Å². The van der Waals surface area contributed by atoms with Gasteiger partial charge in [-0.05, 0) is 12.8 Å². The smallest absolute Gasteiger partial charge is 0.0894 e. The van der Waals surface area contributed by atoms with Crippen LogP contribution < -0.4 is 0 Å². The zero-order chi connectivity index (χ0) is 30.3. The first-order valence-electron chi connectivity index (χ1n) is 20.3. The van der Waals surface area contributed by atoms with Crippen molar-refractivity contribution in [2.24, 2.45) is 0 Å². The van der Waals surface area contributed by atoms with E-state index in [2.05, 4.69) is 13.3 Å². The van der Waals surface area contributed by atoms with E-state index in [0.717, 1.165) is 12.8 Å². The summed E-state index contributed by atoms with van der Waals surface area (Å²) in [4.78, 5) is 0. The highest BCUT2D eigenvalue weighted by Gasteiger charge is 1.98. The predicted octanol–water partition coefficient (Wildman–Crippen LogP) is 16.0. The molecule has 0 rings (SSSR count). The highest BCUT2D eigenvalue weighted by Crippen LogP contribution is 2.17. The summed E-state index contributed by atoms with van der Waals surface area (Å²) in [5.41, 5.74) is 0. The first-order valence-corrected chi connectivity index (χ1v) is 20.3. The molecule has 0 aliphatic carbocycles. The number of hydrogen-bond donors (Lipinski definition) is 0. The van der Waals surface area contributed by atoms with E-state index < -0.39 is 0 Å². The summed E-state index contributed by atoms with van der Waals surface area (Å²) >= 11 is 0. The van der Waals surface area contributed by atoms with E-state index in [-0.39, 0.29) is 6.67 Å². The Balaban J connectivity index is 3.02. The highest BCUT2D eigenvalue weighted by atomic mass is 19.1. The van der Waals surface area contributed by atoms with Crippen LogP contribution >= 0.6 is 0 Å². The minimum absolute atomic E-state index is 0.129. The van der Waals surface area contributed by atoms with Gasteiger partial charge in [-0.15, -0.1) is 0 Å². The van der Waals surface area contributed by atoms with Crippen LogP contribution in [-0.2, 0) is 0 Å². The lowest BCUT2D eigenvalue weighted by molar-refractivity contribution is 0.449. The van der Waals surface area contributed by atoms with Crippen LogP contribution in [0.15, 0.2) is 0 Å². The first kappa shape index (κ1) is 41.9. The van der Waals surface area contributed by atoms with Gasteiger partial charge >= 0.3 is 0 Å².